The van der Waals surface area contributed by atoms with E-state index in [4.69, 9.17) is 40.5 Å². The lowest BCUT2D eigenvalue weighted by Crippen LogP contribution is -2.56. The fourth-order valence-electron chi connectivity index (χ4n) is 4.41. The molecule has 2 aromatic carbocycles. The molecule has 2 fully saturated rings. The fraction of sp³-hybridized carbons (Fsp3) is 0.391. The summed E-state index contributed by atoms with van der Waals surface area (Å²) in [6.07, 6.45) is 1.52. The van der Waals surface area contributed by atoms with Gasteiger partial charge in [0.1, 0.15) is 0 Å². The van der Waals surface area contributed by atoms with E-state index >= 15 is 0 Å². The summed E-state index contributed by atoms with van der Waals surface area (Å²) in [5.74, 6) is -1.03. The molecular formula is C23H25Cl3N4O4S. The van der Waals surface area contributed by atoms with Crippen LogP contribution in [0.5, 0.6) is 0 Å². The Hall–Kier alpha value is -1.88. The molecule has 4 rings (SSSR count). The molecule has 1 atom stereocenters. The van der Waals surface area contributed by atoms with Crippen molar-refractivity contribution in [3.63, 3.8) is 0 Å². The third-order valence-electron chi connectivity index (χ3n) is 6.33. The molecule has 1 saturated carbocycles. The van der Waals surface area contributed by atoms with Crippen LogP contribution in [0, 0.1) is 0 Å². The summed E-state index contributed by atoms with van der Waals surface area (Å²) in [5, 5.41) is 3.67. The molecule has 0 radical (unpaired) electrons. The molecule has 1 aliphatic heterocycles. The van der Waals surface area contributed by atoms with Gasteiger partial charge in [-0.3, -0.25) is 9.59 Å². The fourth-order valence-corrected chi connectivity index (χ4v) is 6.47. The van der Waals surface area contributed by atoms with Gasteiger partial charge in [-0.05, 0) is 68.1 Å². The predicted molar refractivity (Wildman–Crippen MR) is 135 cm³/mol. The van der Waals surface area contributed by atoms with E-state index < -0.39 is 28.0 Å². The molecule has 35 heavy (non-hydrogen) atoms. The van der Waals surface area contributed by atoms with Crippen molar-refractivity contribution >= 4 is 56.6 Å². The van der Waals surface area contributed by atoms with Crippen LogP contribution in [-0.2, 0) is 14.8 Å². The van der Waals surface area contributed by atoms with Crippen LogP contribution in [0.2, 0.25) is 15.1 Å². The van der Waals surface area contributed by atoms with Crippen molar-refractivity contribution in [1.29, 1.82) is 0 Å². The number of amides is 2. The van der Waals surface area contributed by atoms with E-state index in [0.29, 0.717) is 23.4 Å². The molecule has 1 heterocycles. The first-order valence-corrected chi connectivity index (χ1v) is 13.7. The molecule has 0 aromatic heterocycles. The van der Waals surface area contributed by atoms with Gasteiger partial charge in [0.15, 0.2) is 6.17 Å². The van der Waals surface area contributed by atoms with E-state index in [1.54, 1.807) is 12.1 Å². The Balaban J connectivity index is 1.66. The highest BCUT2D eigenvalue weighted by Crippen LogP contribution is 2.31. The number of carbonyl (C=O) groups excluding carboxylic acids is 2. The molecular weight excluding hydrogens is 535 g/mol. The van der Waals surface area contributed by atoms with Crippen LogP contribution in [0.1, 0.15) is 36.0 Å². The van der Waals surface area contributed by atoms with E-state index in [-0.39, 0.29) is 40.1 Å². The molecule has 8 nitrogen and oxygen atoms in total. The van der Waals surface area contributed by atoms with Gasteiger partial charge in [-0.25, -0.2) is 8.42 Å². The summed E-state index contributed by atoms with van der Waals surface area (Å²) in [7, 11) is -4.18. The molecule has 188 valence electrons. The summed E-state index contributed by atoms with van der Waals surface area (Å²) in [6, 6.07) is 10.1. The Kier molecular flexibility index (Phi) is 7.95. The first-order valence-electron chi connectivity index (χ1n) is 11.2. The van der Waals surface area contributed by atoms with E-state index in [0.717, 1.165) is 17.1 Å². The van der Waals surface area contributed by atoms with Crippen molar-refractivity contribution in [3.05, 3.63) is 63.1 Å². The van der Waals surface area contributed by atoms with E-state index in [1.165, 1.54) is 35.2 Å². The molecule has 0 spiro atoms. The second-order valence-electron chi connectivity index (χ2n) is 8.69. The number of hydrogen-bond donors (Lipinski definition) is 2. The van der Waals surface area contributed by atoms with Gasteiger partial charge >= 0.3 is 0 Å². The predicted octanol–water partition coefficient (Wildman–Crippen LogP) is 3.51. The third-order valence-corrected chi connectivity index (χ3v) is 9.17. The second kappa shape index (κ2) is 10.6. The zero-order valence-electron chi connectivity index (χ0n) is 18.7. The molecule has 2 aromatic rings. The lowest BCUT2D eigenvalue weighted by molar-refractivity contribution is -0.128. The topological polar surface area (TPSA) is 113 Å². The van der Waals surface area contributed by atoms with Crippen LogP contribution in [0.25, 0.3) is 0 Å². The number of halogens is 3. The van der Waals surface area contributed by atoms with Gasteiger partial charge in [-0.2, -0.15) is 4.31 Å². The highest BCUT2D eigenvalue weighted by molar-refractivity contribution is 7.89. The SMILES string of the molecule is NC1CCC(NC(=O)C2N(C(=O)c3ccc(Cl)cc3)CCN2S(=O)(=O)c2ccc(Cl)c(Cl)c2)CC1. The van der Waals surface area contributed by atoms with Gasteiger partial charge < -0.3 is 16.0 Å². The summed E-state index contributed by atoms with van der Waals surface area (Å²) >= 11 is 18.0. The number of carbonyl (C=O) groups is 2. The standard InChI is InChI=1S/C23H25Cl3N4O4S/c24-15-3-1-14(2-4-15)23(32)29-11-12-30(35(33,34)18-9-10-19(25)20(26)13-18)22(29)21(31)28-17-7-5-16(27)6-8-17/h1-4,9-10,13,16-17,22H,5-8,11-12,27H2,(H,28,31). The van der Waals surface area contributed by atoms with Crippen LogP contribution in [0.15, 0.2) is 47.4 Å². The minimum Gasteiger partial charge on any atom is -0.350 e. The Morgan fingerprint density at radius 3 is 2.20 bits per heavy atom. The van der Waals surface area contributed by atoms with Crippen LogP contribution < -0.4 is 11.1 Å². The summed E-state index contributed by atoms with van der Waals surface area (Å²) in [5.41, 5.74) is 6.27. The Morgan fingerprint density at radius 1 is 0.914 bits per heavy atom. The molecule has 3 N–H and O–H groups in total. The van der Waals surface area contributed by atoms with Gasteiger partial charge in [0.2, 0.25) is 10.0 Å². The lowest BCUT2D eigenvalue weighted by Gasteiger charge is -2.32. The van der Waals surface area contributed by atoms with Crippen LogP contribution >= 0.6 is 34.8 Å². The monoisotopic (exact) mass is 558 g/mol. The number of benzene rings is 2. The maximum absolute atomic E-state index is 13.6. The number of nitrogens with zero attached hydrogens (tertiary/aromatic N) is 2. The maximum Gasteiger partial charge on any atom is 0.259 e. The molecule has 2 aliphatic rings. The summed E-state index contributed by atoms with van der Waals surface area (Å²) < 4.78 is 28.2. The van der Waals surface area contributed by atoms with Gasteiger partial charge in [-0.15, -0.1) is 0 Å². The number of nitrogens with two attached hydrogens (primary N) is 1. The highest BCUT2D eigenvalue weighted by atomic mass is 35.5. The average molecular weight is 560 g/mol. The van der Waals surface area contributed by atoms with Crippen molar-refractivity contribution in [3.8, 4) is 0 Å². The zero-order chi connectivity index (χ0) is 25.3. The third kappa shape index (κ3) is 5.60. The van der Waals surface area contributed by atoms with Crippen molar-refractivity contribution < 1.29 is 18.0 Å². The largest absolute Gasteiger partial charge is 0.350 e. The zero-order valence-corrected chi connectivity index (χ0v) is 21.7. The van der Waals surface area contributed by atoms with Gasteiger partial charge in [0.25, 0.3) is 11.8 Å². The van der Waals surface area contributed by atoms with Crippen molar-refractivity contribution in [2.75, 3.05) is 13.1 Å². The summed E-state index contributed by atoms with van der Waals surface area (Å²) in [6.45, 7) is -0.0226. The van der Waals surface area contributed by atoms with Crippen molar-refractivity contribution in [1.82, 2.24) is 14.5 Å². The molecule has 0 bridgehead atoms. The number of nitrogens with one attached hydrogen (secondary N) is 1. The minimum absolute atomic E-state index is 0.0373. The molecule has 2 amide bonds. The minimum atomic E-state index is -4.18. The number of rotatable bonds is 5. The lowest BCUT2D eigenvalue weighted by atomic mass is 9.92. The molecule has 1 unspecified atom stereocenters. The maximum atomic E-state index is 13.6. The quantitative estimate of drug-likeness (QED) is 0.582. The van der Waals surface area contributed by atoms with Gasteiger partial charge in [0.05, 0.1) is 14.9 Å². The van der Waals surface area contributed by atoms with E-state index in [1.807, 2.05) is 0 Å². The number of hydrogen-bond acceptors (Lipinski definition) is 5. The van der Waals surface area contributed by atoms with Gasteiger partial charge in [0, 0.05) is 35.8 Å². The van der Waals surface area contributed by atoms with E-state index in [9.17, 15) is 18.0 Å². The molecule has 1 aliphatic carbocycles. The first kappa shape index (κ1) is 26.2. The van der Waals surface area contributed by atoms with Crippen LogP contribution in [0.3, 0.4) is 0 Å². The normalized spacial score (nSPS) is 23.3. The average Bonchev–Trinajstić information content (AvgIpc) is 3.28. The Bertz CT molecular complexity index is 1220. The highest BCUT2D eigenvalue weighted by Gasteiger charge is 2.47. The number of sulfonamides is 1. The van der Waals surface area contributed by atoms with Gasteiger partial charge in [-0.1, -0.05) is 34.8 Å². The van der Waals surface area contributed by atoms with Crippen molar-refractivity contribution in [2.24, 2.45) is 5.73 Å². The summed E-state index contributed by atoms with van der Waals surface area (Å²) in [4.78, 5) is 28.0. The van der Waals surface area contributed by atoms with Crippen LogP contribution in [-0.4, -0.2) is 60.8 Å². The Morgan fingerprint density at radius 2 is 1.57 bits per heavy atom. The second-order valence-corrected chi connectivity index (χ2v) is 11.8. The molecule has 1 saturated heterocycles. The Labute approximate surface area is 219 Å². The first-order chi connectivity index (χ1) is 16.6. The van der Waals surface area contributed by atoms with E-state index in [2.05, 4.69) is 5.32 Å². The molecule has 12 heteroatoms. The van der Waals surface area contributed by atoms with Crippen molar-refractivity contribution in [2.45, 2.75) is 48.8 Å². The van der Waals surface area contributed by atoms with Crippen LogP contribution in [0.4, 0.5) is 0 Å². The smallest absolute Gasteiger partial charge is 0.259 e.